The Balaban J connectivity index is 2.23. The van der Waals surface area contributed by atoms with Crippen molar-refractivity contribution in [3.8, 4) is 0 Å². The first-order chi connectivity index (χ1) is 9.16. The monoisotopic (exact) mass is 274 g/mol. The predicted molar refractivity (Wildman–Crippen MR) is 69.4 cm³/mol. The van der Waals surface area contributed by atoms with Gasteiger partial charge in [-0.05, 0) is 24.3 Å². The van der Waals surface area contributed by atoms with Crippen LogP contribution in [0.15, 0.2) is 51.9 Å². The maximum atomic E-state index is 12.3. The number of pyridine rings is 1. The Bertz CT molecular complexity index is 821. The van der Waals surface area contributed by atoms with E-state index >= 15 is 0 Å². The molecule has 0 amide bonds. The SMILES string of the molecule is O=C(c1ccncc1)n1c(=O)oc2cc(Cl)ccc21. The van der Waals surface area contributed by atoms with Crippen LogP contribution in [-0.2, 0) is 0 Å². The number of carbonyl (C=O) groups is 1. The first kappa shape index (κ1) is 11.7. The van der Waals surface area contributed by atoms with Crippen LogP contribution >= 0.6 is 11.6 Å². The molecular formula is C13H7ClN2O3. The van der Waals surface area contributed by atoms with E-state index in [1.165, 1.54) is 30.6 Å². The second kappa shape index (κ2) is 4.37. The lowest BCUT2D eigenvalue weighted by Gasteiger charge is -2.00. The molecule has 1 aromatic carbocycles. The molecule has 0 aliphatic carbocycles. The molecule has 3 rings (SSSR count). The van der Waals surface area contributed by atoms with Crippen LogP contribution in [0.5, 0.6) is 0 Å². The number of hydrogen-bond acceptors (Lipinski definition) is 4. The first-order valence-corrected chi connectivity index (χ1v) is 5.80. The van der Waals surface area contributed by atoms with Gasteiger partial charge in [0.25, 0.3) is 5.91 Å². The van der Waals surface area contributed by atoms with Crippen LogP contribution in [-0.4, -0.2) is 15.5 Å². The van der Waals surface area contributed by atoms with Gasteiger partial charge in [-0.2, -0.15) is 0 Å². The summed E-state index contributed by atoms with van der Waals surface area (Å²) < 4.78 is 5.98. The second-order valence-electron chi connectivity index (χ2n) is 3.86. The molecule has 0 atom stereocenters. The van der Waals surface area contributed by atoms with Crippen LogP contribution in [0.25, 0.3) is 11.1 Å². The number of oxazole rings is 1. The van der Waals surface area contributed by atoms with Gasteiger partial charge in [-0.3, -0.25) is 9.78 Å². The number of fused-ring (bicyclic) bond motifs is 1. The van der Waals surface area contributed by atoms with Gasteiger partial charge >= 0.3 is 5.76 Å². The number of benzene rings is 1. The lowest BCUT2D eigenvalue weighted by Crippen LogP contribution is -2.23. The molecule has 0 radical (unpaired) electrons. The maximum absolute atomic E-state index is 12.3. The minimum atomic E-state index is -0.737. The van der Waals surface area contributed by atoms with Gasteiger partial charge in [0.2, 0.25) is 0 Å². The highest BCUT2D eigenvalue weighted by molar-refractivity contribution is 6.31. The first-order valence-electron chi connectivity index (χ1n) is 5.42. The largest absolute Gasteiger partial charge is 0.427 e. The zero-order valence-electron chi connectivity index (χ0n) is 9.54. The molecule has 6 heteroatoms. The Morgan fingerprint density at radius 1 is 1.21 bits per heavy atom. The Morgan fingerprint density at radius 3 is 2.68 bits per heavy atom. The summed E-state index contributed by atoms with van der Waals surface area (Å²) in [6.45, 7) is 0. The topological polar surface area (TPSA) is 65.1 Å². The molecule has 3 aromatic rings. The second-order valence-corrected chi connectivity index (χ2v) is 4.29. The van der Waals surface area contributed by atoms with Gasteiger partial charge in [-0.1, -0.05) is 11.6 Å². The van der Waals surface area contributed by atoms with Crippen LogP contribution in [0.2, 0.25) is 5.02 Å². The van der Waals surface area contributed by atoms with Gasteiger partial charge in [0.1, 0.15) is 0 Å². The average Bonchev–Trinajstić information content (AvgIpc) is 2.74. The van der Waals surface area contributed by atoms with E-state index in [0.717, 1.165) is 4.57 Å². The molecule has 0 saturated heterocycles. The van der Waals surface area contributed by atoms with Gasteiger partial charge in [0, 0.05) is 29.0 Å². The smallest absolute Gasteiger partial charge is 0.407 e. The van der Waals surface area contributed by atoms with Crippen LogP contribution in [0, 0.1) is 0 Å². The summed E-state index contributed by atoms with van der Waals surface area (Å²) in [6, 6.07) is 7.72. The van der Waals surface area contributed by atoms with Crippen molar-refractivity contribution in [2.45, 2.75) is 0 Å². The molecule has 0 aliphatic rings. The summed E-state index contributed by atoms with van der Waals surface area (Å²) in [6.07, 6.45) is 2.97. The zero-order chi connectivity index (χ0) is 13.4. The molecule has 0 spiro atoms. The van der Waals surface area contributed by atoms with Crippen molar-refractivity contribution in [1.29, 1.82) is 0 Å². The highest BCUT2D eigenvalue weighted by Gasteiger charge is 2.17. The number of aromatic nitrogens is 2. The molecule has 0 bridgehead atoms. The van der Waals surface area contributed by atoms with Gasteiger partial charge in [-0.15, -0.1) is 0 Å². The minimum Gasteiger partial charge on any atom is -0.407 e. The van der Waals surface area contributed by atoms with E-state index in [1.54, 1.807) is 12.1 Å². The molecule has 0 fully saturated rings. The fourth-order valence-corrected chi connectivity index (χ4v) is 1.97. The molecule has 5 nitrogen and oxygen atoms in total. The average molecular weight is 275 g/mol. The molecule has 0 N–H and O–H groups in total. The third kappa shape index (κ3) is 1.94. The Labute approximate surface area is 112 Å². The van der Waals surface area contributed by atoms with Crippen molar-refractivity contribution in [2.75, 3.05) is 0 Å². The van der Waals surface area contributed by atoms with E-state index in [9.17, 15) is 9.59 Å². The van der Waals surface area contributed by atoms with Crippen molar-refractivity contribution in [3.05, 3.63) is 63.9 Å². The third-order valence-corrected chi connectivity index (χ3v) is 2.91. The molecule has 2 heterocycles. The quantitative estimate of drug-likeness (QED) is 0.683. The lowest BCUT2D eigenvalue weighted by molar-refractivity contribution is 0.0956. The van der Waals surface area contributed by atoms with Crippen LogP contribution in [0.4, 0.5) is 0 Å². The van der Waals surface area contributed by atoms with Crippen molar-refractivity contribution in [2.24, 2.45) is 0 Å². The summed E-state index contributed by atoms with van der Waals surface area (Å²) in [5.41, 5.74) is 1.02. The van der Waals surface area contributed by atoms with Crippen LogP contribution in [0.1, 0.15) is 10.4 Å². The van der Waals surface area contributed by atoms with Crippen molar-refractivity contribution < 1.29 is 9.21 Å². The van der Waals surface area contributed by atoms with Crippen LogP contribution < -0.4 is 5.76 Å². The fourth-order valence-electron chi connectivity index (χ4n) is 1.81. The van der Waals surface area contributed by atoms with Gasteiger partial charge in [-0.25, -0.2) is 9.36 Å². The number of halogens is 1. The van der Waals surface area contributed by atoms with E-state index < -0.39 is 11.7 Å². The number of hydrogen-bond donors (Lipinski definition) is 0. The number of nitrogens with zero attached hydrogens (tertiary/aromatic N) is 2. The number of carbonyl (C=O) groups excluding carboxylic acids is 1. The maximum Gasteiger partial charge on any atom is 0.427 e. The zero-order valence-corrected chi connectivity index (χ0v) is 10.3. The number of rotatable bonds is 1. The lowest BCUT2D eigenvalue weighted by atomic mass is 10.2. The van der Waals surface area contributed by atoms with Gasteiger partial charge < -0.3 is 4.42 Å². The highest BCUT2D eigenvalue weighted by atomic mass is 35.5. The van der Waals surface area contributed by atoms with Crippen molar-refractivity contribution in [3.63, 3.8) is 0 Å². The van der Waals surface area contributed by atoms with E-state index in [1.807, 2.05) is 0 Å². The van der Waals surface area contributed by atoms with Crippen LogP contribution in [0.3, 0.4) is 0 Å². The Kier molecular flexibility index (Phi) is 2.68. The van der Waals surface area contributed by atoms with E-state index in [2.05, 4.69) is 4.98 Å². The highest BCUT2D eigenvalue weighted by Crippen LogP contribution is 2.19. The van der Waals surface area contributed by atoms with E-state index in [0.29, 0.717) is 16.1 Å². The Morgan fingerprint density at radius 2 is 1.95 bits per heavy atom. The normalized spacial score (nSPS) is 10.8. The Hall–Kier alpha value is -2.40. The molecular weight excluding hydrogens is 268 g/mol. The van der Waals surface area contributed by atoms with E-state index in [4.69, 9.17) is 16.0 Å². The van der Waals surface area contributed by atoms with Crippen molar-refractivity contribution >= 4 is 28.6 Å². The summed E-state index contributed by atoms with van der Waals surface area (Å²) in [5.74, 6) is -1.20. The fraction of sp³-hybridized carbons (Fsp3) is 0. The minimum absolute atomic E-state index is 0.278. The molecule has 0 aliphatic heterocycles. The van der Waals surface area contributed by atoms with Gasteiger partial charge in [0.05, 0.1) is 5.52 Å². The third-order valence-electron chi connectivity index (χ3n) is 2.67. The standard InChI is InChI=1S/C13H7ClN2O3/c14-9-1-2-10-11(7-9)19-13(18)16(10)12(17)8-3-5-15-6-4-8/h1-7H. The summed E-state index contributed by atoms with van der Waals surface area (Å²) in [4.78, 5) is 27.9. The molecule has 0 unspecified atom stereocenters. The molecule has 2 aromatic heterocycles. The molecule has 94 valence electrons. The molecule has 19 heavy (non-hydrogen) atoms. The summed E-state index contributed by atoms with van der Waals surface area (Å²) >= 11 is 5.81. The predicted octanol–water partition coefficient (Wildman–Crippen LogP) is 2.33. The van der Waals surface area contributed by atoms with Crippen molar-refractivity contribution in [1.82, 2.24) is 9.55 Å². The summed E-state index contributed by atoms with van der Waals surface area (Å²) in [5, 5.41) is 0.435. The van der Waals surface area contributed by atoms with Gasteiger partial charge in [0.15, 0.2) is 5.58 Å². The molecule has 0 saturated carbocycles. The summed E-state index contributed by atoms with van der Waals surface area (Å²) in [7, 11) is 0. The van der Waals surface area contributed by atoms with E-state index in [-0.39, 0.29) is 5.58 Å².